The van der Waals surface area contributed by atoms with Gasteiger partial charge in [-0.1, -0.05) is 18.2 Å². The first kappa shape index (κ1) is 16.0. The van der Waals surface area contributed by atoms with E-state index in [0.717, 1.165) is 25.1 Å². The van der Waals surface area contributed by atoms with Gasteiger partial charge in [-0.3, -0.25) is 9.69 Å². The molecule has 1 heterocycles. The van der Waals surface area contributed by atoms with Crippen molar-refractivity contribution in [2.45, 2.75) is 45.3 Å². The summed E-state index contributed by atoms with van der Waals surface area (Å²) in [5.41, 5.74) is 0.259. The zero-order valence-electron chi connectivity index (χ0n) is 13.2. The second-order valence-corrected chi connectivity index (χ2v) is 6.50. The van der Waals surface area contributed by atoms with Gasteiger partial charge in [-0.05, 0) is 52.3 Å². The van der Waals surface area contributed by atoms with E-state index in [1.165, 1.54) is 0 Å². The van der Waals surface area contributed by atoms with Crippen LogP contribution in [0.25, 0.3) is 0 Å². The van der Waals surface area contributed by atoms with E-state index >= 15 is 0 Å². The summed E-state index contributed by atoms with van der Waals surface area (Å²) in [7, 11) is 0. The Bertz CT molecular complexity index is 471. The summed E-state index contributed by atoms with van der Waals surface area (Å²) in [6.07, 6.45) is 1.75. The van der Waals surface area contributed by atoms with Crippen molar-refractivity contribution in [2.24, 2.45) is 0 Å². The normalized spacial score (nSPS) is 23.3. The summed E-state index contributed by atoms with van der Waals surface area (Å²) in [4.78, 5) is 16.6. The van der Waals surface area contributed by atoms with Crippen molar-refractivity contribution in [1.82, 2.24) is 4.90 Å². The van der Waals surface area contributed by atoms with Crippen LogP contribution in [-0.4, -0.2) is 47.2 Å². The molecule has 2 rings (SSSR count). The highest BCUT2D eigenvalue weighted by molar-refractivity contribution is 5.95. The van der Waals surface area contributed by atoms with Crippen LogP contribution in [-0.2, 0) is 4.79 Å². The van der Waals surface area contributed by atoms with Crippen LogP contribution in [0.1, 0.15) is 33.6 Å². The van der Waals surface area contributed by atoms with E-state index in [-0.39, 0.29) is 11.9 Å². The number of carbonyl (C=O) groups excluding carboxylic acids is 1. The highest BCUT2D eigenvalue weighted by atomic mass is 16.3. The van der Waals surface area contributed by atoms with Gasteiger partial charge in [0.15, 0.2) is 0 Å². The van der Waals surface area contributed by atoms with Crippen LogP contribution in [0, 0.1) is 0 Å². The van der Waals surface area contributed by atoms with Gasteiger partial charge < -0.3 is 10.0 Å². The second-order valence-electron chi connectivity index (χ2n) is 6.50. The Kier molecular flexibility index (Phi) is 5.01. The minimum atomic E-state index is -0.673. The molecule has 1 fully saturated rings. The number of carbonyl (C=O) groups is 1. The number of hydrogen-bond acceptors (Lipinski definition) is 3. The molecule has 1 N–H and O–H groups in total. The number of β-amino-alcohol motifs (C(OH)–C–C–N with tert-alkyl or cyclic N) is 1. The van der Waals surface area contributed by atoms with E-state index in [9.17, 15) is 9.90 Å². The number of hydrogen-bond donors (Lipinski definition) is 1. The molecule has 0 aromatic heterocycles. The lowest BCUT2D eigenvalue weighted by molar-refractivity contribution is -0.121. The fraction of sp³-hybridized carbons (Fsp3) is 0.588. The number of aliphatic hydroxyl groups is 1. The molecule has 0 aliphatic carbocycles. The lowest BCUT2D eigenvalue weighted by atomic mass is 9.95. The van der Waals surface area contributed by atoms with Gasteiger partial charge in [0.05, 0.1) is 12.1 Å². The molecule has 1 aromatic carbocycles. The van der Waals surface area contributed by atoms with Crippen LogP contribution in [0.4, 0.5) is 5.69 Å². The van der Waals surface area contributed by atoms with Gasteiger partial charge in [-0.2, -0.15) is 0 Å². The van der Waals surface area contributed by atoms with Gasteiger partial charge in [-0.25, -0.2) is 0 Å². The van der Waals surface area contributed by atoms with Crippen molar-refractivity contribution in [3.8, 4) is 0 Å². The zero-order valence-corrected chi connectivity index (χ0v) is 13.2. The predicted octanol–water partition coefficient (Wildman–Crippen LogP) is 2.27. The maximum Gasteiger partial charge on any atom is 0.241 e. The Hall–Kier alpha value is -1.39. The van der Waals surface area contributed by atoms with E-state index in [0.29, 0.717) is 13.1 Å². The van der Waals surface area contributed by atoms with Crippen molar-refractivity contribution in [3.63, 3.8) is 0 Å². The average Bonchev–Trinajstić information content (AvgIpc) is 2.38. The Balaban J connectivity index is 2.06. The van der Waals surface area contributed by atoms with Crippen molar-refractivity contribution < 1.29 is 9.90 Å². The Morgan fingerprint density at radius 3 is 2.62 bits per heavy atom. The molecule has 1 atom stereocenters. The third-order valence-electron chi connectivity index (χ3n) is 3.93. The molecule has 116 valence electrons. The van der Waals surface area contributed by atoms with Crippen LogP contribution in [0.2, 0.25) is 0 Å². The zero-order chi connectivity index (χ0) is 15.5. The first-order valence-electron chi connectivity index (χ1n) is 7.71. The van der Waals surface area contributed by atoms with Crippen LogP contribution >= 0.6 is 0 Å². The number of para-hydroxylation sites is 1. The number of piperidine rings is 1. The molecule has 4 nitrogen and oxygen atoms in total. The number of amides is 1. The minimum Gasteiger partial charge on any atom is -0.389 e. The lowest BCUT2D eigenvalue weighted by Gasteiger charge is -2.38. The standard InChI is InChI=1S/C17H26N2O2/c1-14(2)19(15-8-5-4-6-9-15)16(20)12-18-11-7-10-17(3,21)13-18/h4-6,8-9,14,21H,7,10-13H2,1-3H3. The topological polar surface area (TPSA) is 43.8 Å². The molecule has 1 unspecified atom stereocenters. The first-order chi connectivity index (χ1) is 9.89. The lowest BCUT2D eigenvalue weighted by Crippen LogP contribution is -2.51. The maximum atomic E-state index is 12.7. The molecule has 1 aromatic rings. The Labute approximate surface area is 127 Å². The maximum absolute atomic E-state index is 12.7. The Morgan fingerprint density at radius 1 is 1.38 bits per heavy atom. The number of benzene rings is 1. The van der Waals surface area contributed by atoms with Crippen LogP contribution in [0.5, 0.6) is 0 Å². The molecule has 1 aliphatic rings. The summed E-state index contributed by atoms with van der Waals surface area (Å²) < 4.78 is 0. The monoisotopic (exact) mass is 290 g/mol. The number of anilines is 1. The highest BCUT2D eigenvalue weighted by Crippen LogP contribution is 2.21. The summed E-state index contributed by atoms with van der Waals surface area (Å²) in [6, 6.07) is 9.89. The fourth-order valence-electron chi connectivity index (χ4n) is 3.04. The number of rotatable bonds is 4. The van der Waals surface area contributed by atoms with E-state index in [4.69, 9.17) is 0 Å². The van der Waals surface area contributed by atoms with Crippen LogP contribution < -0.4 is 4.90 Å². The smallest absolute Gasteiger partial charge is 0.241 e. The van der Waals surface area contributed by atoms with Gasteiger partial charge in [0, 0.05) is 18.3 Å². The summed E-state index contributed by atoms with van der Waals surface area (Å²) in [5, 5.41) is 10.2. The van der Waals surface area contributed by atoms with Crippen LogP contribution in [0.3, 0.4) is 0 Å². The molecule has 1 amide bonds. The van der Waals surface area contributed by atoms with Crippen molar-refractivity contribution in [1.29, 1.82) is 0 Å². The third-order valence-corrected chi connectivity index (χ3v) is 3.93. The largest absolute Gasteiger partial charge is 0.389 e. The van der Waals surface area contributed by atoms with Gasteiger partial charge in [0.1, 0.15) is 0 Å². The highest BCUT2D eigenvalue weighted by Gasteiger charge is 2.30. The molecular weight excluding hydrogens is 264 g/mol. The summed E-state index contributed by atoms with van der Waals surface area (Å²) in [5.74, 6) is 0.0916. The number of likely N-dealkylation sites (tertiary alicyclic amines) is 1. The molecular formula is C17H26N2O2. The summed E-state index contributed by atoms with van der Waals surface area (Å²) >= 11 is 0. The van der Waals surface area contributed by atoms with E-state index in [1.807, 2.05) is 56.0 Å². The van der Waals surface area contributed by atoms with Crippen molar-refractivity contribution in [3.05, 3.63) is 30.3 Å². The summed E-state index contributed by atoms with van der Waals surface area (Å²) in [6.45, 7) is 7.71. The predicted molar refractivity (Wildman–Crippen MR) is 85.4 cm³/mol. The number of nitrogens with zero attached hydrogens (tertiary/aromatic N) is 2. The van der Waals surface area contributed by atoms with E-state index in [1.54, 1.807) is 0 Å². The van der Waals surface area contributed by atoms with Crippen LogP contribution in [0.15, 0.2) is 30.3 Å². The molecule has 1 saturated heterocycles. The molecule has 0 radical (unpaired) electrons. The third kappa shape index (κ3) is 4.29. The quantitative estimate of drug-likeness (QED) is 0.925. The SMILES string of the molecule is CC(C)N(C(=O)CN1CCCC(C)(O)C1)c1ccccc1. The average molecular weight is 290 g/mol. The molecule has 21 heavy (non-hydrogen) atoms. The van der Waals surface area contributed by atoms with E-state index in [2.05, 4.69) is 4.90 Å². The van der Waals surface area contributed by atoms with Gasteiger partial charge in [0.2, 0.25) is 5.91 Å². The minimum absolute atomic E-state index is 0.0916. The molecule has 0 spiro atoms. The molecule has 4 heteroatoms. The Morgan fingerprint density at radius 2 is 2.05 bits per heavy atom. The van der Waals surface area contributed by atoms with Gasteiger partial charge in [0.25, 0.3) is 0 Å². The van der Waals surface area contributed by atoms with Crippen molar-refractivity contribution in [2.75, 3.05) is 24.5 Å². The molecule has 0 bridgehead atoms. The second kappa shape index (κ2) is 6.58. The van der Waals surface area contributed by atoms with Gasteiger partial charge >= 0.3 is 0 Å². The van der Waals surface area contributed by atoms with Crippen molar-refractivity contribution >= 4 is 11.6 Å². The fourth-order valence-corrected chi connectivity index (χ4v) is 3.04. The first-order valence-corrected chi connectivity index (χ1v) is 7.71. The molecule has 0 saturated carbocycles. The van der Waals surface area contributed by atoms with E-state index < -0.39 is 5.60 Å². The molecule has 1 aliphatic heterocycles. The van der Waals surface area contributed by atoms with Gasteiger partial charge in [-0.15, -0.1) is 0 Å².